The molecule has 2 nitrogen and oxygen atoms in total. The molecule has 2 heteroatoms. The molecule has 0 aromatic rings. The summed E-state index contributed by atoms with van der Waals surface area (Å²) >= 11 is 0. The van der Waals surface area contributed by atoms with Crippen molar-refractivity contribution in [3.63, 3.8) is 0 Å². The number of hydrogen-bond donors (Lipinski definition) is 0. The number of Topliss-reactive ketones (excluding diaryl/α,β-unsaturated/α-hetero) is 1. The highest BCUT2D eigenvalue weighted by Crippen LogP contribution is 2.65. The van der Waals surface area contributed by atoms with Crippen LogP contribution in [-0.4, -0.2) is 19.0 Å². The minimum atomic E-state index is 0.0358. The van der Waals surface area contributed by atoms with E-state index in [4.69, 9.17) is 4.74 Å². The lowest BCUT2D eigenvalue weighted by Gasteiger charge is -2.60. The maximum absolute atomic E-state index is 12.4. The van der Waals surface area contributed by atoms with E-state index >= 15 is 0 Å². The molecule has 7 atom stereocenters. The second-order valence-electron chi connectivity index (χ2n) is 9.21. The molecule has 0 radical (unpaired) electrons. The zero-order chi connectivity index (χ0) is 15.5. The number of carbonyl (C=O) groups excluding carboxylic acids is 1. The minimum Gasteiger partial charge on any atom is -0.381 e. The number of carbonyl (C=O) groups is 1. The summed E-state index contributed by atoms with van der Waals surface area (Å²) in [5.74, 6) is 3.82. The van der Waals surface area contributed by atoms with Gasteiger partial charge in [-0.05, 0) is 80.5 Å². The van der Waals surface area contributed by atoms with Crippen molar-refractivity contribution in [2.75, 3.05) is 7.11 Å². The Balaban J connectivity index is 1.60. The summed E-state index contributed by atoms with van der Waals surface area (Å²) in [5, 5.41) is 0. The zero-order valence-corrected chi connectivity index (χ0v) is 14.6. The topological polar surface area (TPSA) is 26.3 Å². The van der Waals surface area contributed by atoms with Crippen LogP contribution in [0.3, 0.4) is 0 Å². The van der Waals surface area contributed by atoms with Crippen LogP contribution < -0.4 is 0 Å². The summed E-state index contributed by atoms with van der Waals surface area (Å²) in [4.78, 5) is 12.4. The number of ether oxygens (including phenoxy) is 1. The standard InChI is InChI=1S/C20H32O2/c1-19-10-8-14(22-3)12-13(19)4-5-15-16-6-7-18(21)20(16,2)11-9-17(15)19/h13-17H,4-12H2,1-3H3/t13-,14+,15-,16-,17+,19-,20-/m0/s1. The predicted octanol–water partition coefficient (Wildman–Crippen LogP) is 4.61. The highest BCUT2D eigenvalue weighted by Gasteiger charge is 2.60. The van der Waals surface area contributed by atoms with Gasteiger partial charge in [0.05, 0.1) is 6.10 Å². The summed E-state index contributed by atoms with van der Waals surface area (Å²) in [6.45, 7) is 4.87. The molecule has 4 saturated carbocycles. The maximum Gasteiger partial charge on any atom is 0.139 e. The van der Waals surface area contributed by atoms with Crippen molar-refractivity contribution in [2.24, 2.45) is 34.5 Å². The lowest BCUT2D eigenvalue weighted by Crippen LogP contribution is -2.54. The highest BCUT2D eigenvalue weighted by atomic mass is 16.5. The molecule has 0 saturated heterocycles. The fourth-order valence-electron chi connectivity index (χ4n) is 7.20. The molecule has 0 N–H and O–H groups in total. The largest absolute Gasteiger partial charge is 0.381 e. The summed E-state index contributed by atoms with van der Waals surface area (Å²) < 4.78 is 5.68. The van der Waals surface area contributed by atoms with E-state index in [9.17, 15) is 4.79 Å². The smallest absolute Gasteiger partial charge is 0.139 e. The van der Waals surface area contributed by atoms with Gasteiger partial charge in [-0.25, -0.2) is 0 Å². The van der Waals surface area contributed by atoms with Crippen LogP contribution in [0.4, 0.5) is 0 Å². The Labute approximate surface area is 135 Å². The van der Waals surface area contributed by atoms with Gasteiger partial charge in [-0.15, -0.1) is 0 Å². The van der Waals surface area contributed by atoms with Gasteiger partial charge in [0, 0.05) is 18.9 Å². The molecule has 0 spiro atoms. The fraction of sp³-hybridized carbons (Fsp3) is 0.950. The summed E-state index contributed by atoms with van der Waals surface area (Å²) in [5.41, 5.74) is 0.555. The molecule has 4 rings (SSSR count). The van der Waals surface area contributed by atoms with Gasteiger partial charge in [0.25, 0.3) is 0 Å². The van der Waals surface area contributed by atoms with Crippen LogP contribution in [0.2, 0.25) is 0 Å². The van der Waals surface area contributed by atoms with Crippen molar-refractivity contribution in [3.05, 3.63) is 0 Å². The van der Waals surface area contributed by atoms with Gasteiger partial charge < -0.3 is 4.74 Å². The average molecular weight is 304 g/mol. The summed E-state index contributed by atoms with van der Waals surface area (Å²) in [7, 11) is 1.88. The number of hydrogen-bond acceptors (Lipinski definition) is 2. The number of fused-ring (bicyclic) bond motifs is 5. The maximum atomic E-state index is 12.4. The number of methoxy groups -OCH3 is 1. The van der Waals surface area contributed by atoms with E-state index in [-0.39, 0.29) is 5.41 Å². The SMILES string of the molecule is CO[C@@H]1CC[C@@]2(C)[C@@H](CC[C@@H]3[C@H]2CC[C@]2(C)C(=O)CC[C@@H]32)C1. The Hall–Kier alpha value is -0.370. The Kier molecular flexibility index (Phi) is 3.49. The first-order valence-corrected chi connectivity index (χ1v) is 9.55. The number of rotatable bonds is 1. The molecule has 4 fully saturated rings. The van der Waals surface area contributed by atoms with Crippen LogP contribution in [-0.2, 0) is 9.53 Å². The van der Waals surface area contributed by atoms with Crippen LogP contribution in [0.5, 0.6) is 0 Å². The summed E-state index contributed by atoms with van der Waals surface area (Å²) in [6, 6.07) is 0. The lowest BCUT2D eigenvalue weighted by atomic mass is 9.45. The van der Waals surface area contributed by atoms with Gasteiger partial charge >= 0.3 is 0 Å². The van der Waals surface area contributed by atoms with Crippen molar-refractivity contribution < 1.29 is 9.53 Å². The molecule has 124 valence electrons. The average Bonchev–Trinajstić information content (AvgIpc) is 2.82. The molecule has 4 aliphatic carbocycles. The first kappa shape index (κ1) is 15.2. The minimum absolute atomic E-state index is 0.0358. The van der Waals surface area contributed by atoms with Gasteiger partial charge in [-0.1, -0.05) is 13.8 Å². The zero-order valence-electron chi connectivity index (χ0n) is 14.6. The third-order valence-corrected chi connectivity index (χ3v) is 8.66. The molecule has 0 amide bonds. The summed E-state index contributed by atoms with van der Waals surface area (Å²) in [6.07, 6.45) is 11.6. The van der Waals surface area contributed by atoms with E-state index in [0.717, 1.165) is 30.6 Å². The van der Waals surface area contributed by atoms with Crippen LogP contribution in [0.15, 0.2) is 0 Å². The predicted molar refractivity (Wildman–Crippen MR) is 87.5 cm³/mol. The Morgan fingerprint density at radius 2 is 1.82 bits per heavy atom. The quantitative estimate of drug-likeness (QED) is 0.707. The highest BCUT2D eigenvalue weighted by molar-refractivity contribution is 5.87. The lowest BCUT2D eigenvalue weighted by molar-refractivity contribution is -0.143. The molecule has 0 aromatic carbocycles. The van der Waals surface area contributed by atoms with Crippen molar-refractivity contribution in [1.29, 1.82) is 0 Å². The second kappa shape index (κ2) is 5.06. The Bertz CT molecular complexity index is 472. The van der Waals surface area contributed by atoms with E-state index in [1.54, 1.807) is 0 Å². The van der Waals surface area contributed by atoms with Gasteiger partial charge in [-0.2, -0.15) is 0 Å². The molecule has 0 aliphatic heterocycles. The first-order chi connectivity index (χ1) is 10.5. The Morgan fingerprint density at radius 1 is 1.00 bits per heavy atom. The van der Waals surface area contributed by atoms with Crippen LogP contribution in [0.1, 0.15) is 71.6 Å². The van der Waals surface area contributed by atoms with E-state index in [2.05, 4.69) is 13.8 Å². The van der Waals surface area contributed by atoms with Crippen molar-refractivity contribution in [2.45, 2.75) is 77.7 Å². The molecular formula is C20H32O2. The van der Waals surface area contributed by atoms with Gasteiger partial charge in [0.2, 0.25) is 0 Å². The molecular weight excluding hydrogens is 272 g/mol. The molecule has 0 aromatic heterocycles. The van der Waals surface area contributed by atoms with Crippen LogP contribution in [0, 0.1) is 34.5 Å². The van der Waals surface area contributed by atoms with Gasteiger partial charge in [0.15, 0.2) is 0 Å². The first-order valence-electron chi connectivity index (χ1n) is 9.55. The monoisotopic (exact) mass is 304 g/mol. The van der Waals surface area contributed by atoms with Gasteiger partial charge in [0.1, 0.15) is 5.78 Å². The molecule has 0 heterocycles. The Morgan fingerprint density at radius 3 is 2.59 bits per heavy atom. The van der Waals surface area contributed by atoms with E-state index in [1.165, 1.54) is 44.9 Å². The number of ketones is 1. The molecule has 4 aliphatic rings. The van der Waals surface area contributed by atoms with Crippen LogP contribution in [0.25, 0.3) is 0 Å². The van der Waals surface area contributed by atoms with Gasteiger partial charge in [-0.3, -0.25) is 4.79 Å². The van der Waals surface area contributed by atoms with Crippen molar-refractivity contribution in [1.82, 2.24) is 0 Å². The normalized spacial score (nSPS) is 54.5. The van der Waals surface area contributed by atoms with Crippen molar-refractivity contribution in [3.8, 4) is 0 Å². The molecule has 0 unspecified atom stereocenters. The van der Waals surface area contributed by atoms with Crippen LogP contribution >= 0.6 is 0 Å². The van der Waals surface area contributed by atoms with Crippen molar-refractivity contribution >= 4 is 5.78 Å². The molecule has 0 bridgehead atoms. The third-order valence-electron chi connectivity index (χ3n) is 8.66. The molecule has 22 heavy (non-hydrogen) atoms. The van der Waals surface area contributed by atoms with E-state index in [1.807, 2.05) is 7.11 Å². The second-order valence-corrected chi connectivity index (χ2v) is 9.21. The van der Waals surface area contributed by atoms with E-state index in [0.29, 0.717) is 23.2 Å². The fourth-order valence-corrected chi connectivity index (χ4v) is 7.20. The third kappa shape index (κ3) is 1.92. The van der Waals surface area contributed by atoms with E-state index < -0.39 is 0 Å².